The molecule has 0 fully saturated rings. The van der Waals surface area contributed by atoms with Crippen molar-refractivity contribution >= 4 is 16.8 Å². The fourth-order valence-electron chi connectivity index (χ4n) is 2.96. The van der Waals surface area contributed by atoms with Gasteiger partial charge in [-0.25, -0.2) is 0 Å². The van der Waals surface area contributed by atoms with E-state index < -0.39 is 0 Å². The Morgan fingerprint density at radius 1 is 0.897 bits per heavy atom. The first-order valence-electron chi connectivity index (χ1n) is 8.98. The molecule has 29 heavy (non-hydrogen) atoms. The van der Waals surface area contributed by atoms with Crippen molar-refractivity contribution in [3.63, 3.8) is 0 Å². The lowest BCUT2D eigenvalue weighted by atomic mass is 10.2. The Morgan fingerprint density at radius 2 is 1.59 bits per heavy atom. The van der Waals surface area contributed by atoms with Crippen molar-refractivity contribution in [2.45, 2.75) is 0 Å². The second-order valence-electron chi connectivity index (χ2n) is 6.07. The van der Waals surface area contributed by atoms with Gasteiger partial charge in [-0.1, -0.05) is 0 Å². The van der Waals surface area contributed by atoms with Crippen LogP contribution in [0.3, 0.4) is 0 Å². The van der Waals surface area contributed by atoms with Crippen molar-refractivity contribution in [2.24, 2.45) is 0 Å². The number of carbonyl (C=O) groups excluding carboxylic acids is 1. The molecule has 2 aromatic carbocycles. The van der Waals surface area contributed by atoms with Crippen molar-refractivity contribution in [1.82, 2.24) is 10.3 Å². The number of nitrogens with one attached hydrogen (secondary N) is 2. The summed E-state index contributed by atoms with van der Waals surface area (Å²) in [5.41, 5.74) is 1.01. The van der Waals surface area contributed by atoms with E-state index >= 15 is 0 Å². The van der Waals surface area contributed by atoms with E-state index in [-0.39, 0.29) is 5.91 Å². The molecule has 1 amide bonds. The minimum Gasteiger partial charge on any atom is -0.497 e. The van der Waals surface area contributed by atoms with Crippen LogP contribution in [-0.4, -0.2) is 52.5 Å². The monoisotopic (exact) mass is 400 g/mol. The summed E-state index contributed by atoms with van der Waals surface area (Å²) in [5.74, 6) is 2.79. The van der Waals surface area contributed by atoms with E-state index in [1.807, 2.05) is 24.3 Å². The first kappa shape index (κ1) is 20.2. The zero-order valence-corrected chi connectivity index (χ0v) is 16.8. The molecule has 0 unspecified atom stereocenters. The lowest BCUT2D eigenvalue weighted by Crippen LogP contribution is -2.28. The predicted octanol–water partition coefficient (Wildman–Crippen LogP) is 3.01. The lowest BCUT2D eigenvalue weighted by Gasteiger charge is -2.11. The number of rotatable bonds is 9. The number of amides is 1. The fraction of sp³-hybridized carbons (Fsp3) is 0.286. The van der Waals surface area contributed by atoms with Crippen molar-refractivity contribution in [3.05, 3.63) is 42.1 Å². The Balaban J connectivity index is 1.67. The molecule has 1 heterocycles. The number of methoxy groups -OCH3 is 4. The van der Waals surface area contributed by atoms with Crippen LogP contribution < -0.4 is 29.0 Å². The molecule has 8 nitrogen and oxygen atoms in total. The summed E-state index contributed by atoms with van der Waals surface area (Å²) in [6.07, 6.45) is 0. The number of ether oxygens (including phenoxy) is 5. The Labute approximate surface area is 168 Å². The molecule has 0 aliphatic heterocycles. The summed E-state index contributed by atoms with van der Waals surface area (Å²) in [7, 11) is 6.25. The van der Waals surface area contributed by atoms with Gasteiger partial charge in [0.1, 0.15) is 29.5 Å². The summed E-state index contributed by atoms with van der Waals surface area (Å²) in [4.78, 5) is 15.6. The van der Waals surface area contributed by atoms with Crippen LogP contribution in [0.15, 0.2) is 36.4 Å². The number of fused-ring (bicyclic) bond motifs is 1. The van der Waals surface area contributed by atoms with Crippen molar-refractivity contribution < 1.29 is 28.5 Å². The molecule has 0 saturated heterocycles. The second-order valence-corrected chi connectivity index (χ2v) is 6.07. The molecule has 8 heteroatoms. The maximum Gasteiger partial charge on any atom is 0.267 e. The van der Waals surface area contributed by atoms with Crippen LogP contribution in [0.5, 0.6) is 28.7 Å². The van der Waals surface area contributed by atoms with E-state index in [4.69, 9.17) is 23.7 Å². The zero-order valence-electron chi connectivity index (χ0n) is 16.8. The van der Waals surface area contributed by atoms with E-state index in [0.717, 1.165) is 11.1 Å². The molecule has 2 N–H and O–H groups in total. The van der Waals surface area contributed by atoms with Crippen LogP contribution in [0, 0.1) is 0 Å². The molecule has 0 bridgehead atoms. The maximum atomic E-state index is 12.5. The molecule has 0 spiro atoms. The molecular weight excluding hydrogens is 376 g/mol. The number of aromatic nitrogens is 1. The minimum absolute atomic E-state index is 0.261. The standard InChI is InChI=1S/C21H24N2O6/c1-25-13-5-7-14(8-6-13)29-10-9-22-21(24)16-11-15-17(26-2)12-18(27-3)20(28-4)19(15)23-16/h5-8,11-12,23H,9-10H2,1-4H3,(H,22,24). The van der Waals surface area contributed by atoms with Gasteiger partial charge in [0.25, 0.3) is 5.91 Å². The van der Waals surface area contributed by atoms with Crippen molar-refractivity contribution in [1.29, 1.82) is 0 Å². The van der Waals surface area contributed by atoms with E-state index in [9.17, 15) is 4.79 Å². The molecule has 0 aliphatic rings. The second kappa shape index (κ2) is 9.09. The Morgan fingerprint density at radius 3 is 2.21 bits per heavy atom. The normalized spacial score (nSPS) is 10.5. The van der Waals surface area contributed by atoms with E-state index in [2.05, 4.69) is 10.3 Å². The van der Waals surface area contributed by atoms with Crippen molar-refractivity contribution in [2.75, 3.05) is 41.6 Å². The summed E-state index contributed by atoms with van der Waals surface area (Å²) < 4.78 is 26.9. The molecule has 3 aromatic rings. The van der Waals surface area contributed by atoms with Gasteiger partial charge in [0.15, 0.2) is 11.5 Å². The largest absolute Gasteiger partial charge is 0.497 e. The number of hydrogen-bond donors (Lipinski definition) is 2. The van der Waals surface area contributed by atoms with Crippen LogP contribution in [0.1, 0.15) is 10.5 Å². The molecule has 154 valence electrons. The average Bonchev–Trinajstić information content (AvgIpc) is 3.21. The Kier molecular flexibility index (Phi) is 6.33. The highest BCUT2D eigenvalue weighted by Gasteiger charge is 2.19. The summed E-state index contributed by atoms with van der Waals surface area (Å²) in [6.45, 7) is 0.677. The highest BCUT2D eigenvalue weighted by atomic mass is 16.5. The maximum absolute atomic E-state index is 12.5. The molecule has 0 saturated carbocycles. The Bertz CT molecular complexity index is 981. The zero-order chi connectivity index (χ0) is 20.8. The highest BCUT2D eigenvalue weighted by Crippen LogP contribution is 2.41. The molecule has 1 aromatic heterocycles. The summed E-state index contributed by atoms with van der Waals surface area (Å²) in [6, 6.07) is 10.7. The number of aromatic amines is 1. The Hall–Kier alpha value is -3.55. The predicted molar refractivity (Wildman–Crippen MR) is 109 cm³/mol. The molecule has 0 radical (unpaired) electrons. The third-order valence-corrected chi connectivity index (χ3v) is 4.40. The van der Waals surface area contributed by atoms with Crippen LogP contribution >= 0.6 is 0 Å². The summed E-state index contributed by atoms with van der Waals surface area (Å²) in [5, 5.41) is 3.55. The van der Waals surface area contributed by atoms with Crippen LogP contribution in [0.4, 0.5) is 0 Å². The molecular formula is C21H24N2O6. The SMILES string of the molecule is COc1ccc(OCCNC(=O)c2cc3c(OC)cc(OC)c(OC)c3[nH]2)cc1. The van der Waals surface area contributed by atoms with Gasteiger partial charge in [-0.05, 0) is 30.3 Å². The van der Waals surface area contributed by atoms with Crippen molar-refractivity contribution in [3.8, 4) is 28.7 Å². The third kappa shape index (κ3) is 4.31. The lowest BCUT2D eigenvalue weighted by molar-refractivity contribution is 0.0943. The number of benzene rings is 2. The highest BCUT2D eigenvalue weighted by molar-refractivity contribution is 6.02. The topological polar surface area (TPSA) is 91.0 Å². The van der Waals surface area contributed by atoms with E-state index in [0.29, 0.717) is 47.4 Å². The van der Waals surface area contributed by atoms with Crippen LogP contribution in [0.25, 0.3) is 10.9 Å². The number of carbonyl (C=O) groups is 1. The fourth-order valence-corrected chi connectivity index (χ4v) is 2.96. The first-order valence-corrected chi connectivity index (χ1v) is 8.98. The number of hydrogen-bond acceptors (Lipinski definition) is 6. The van der Waals surface area contributed by atoms with Gasteiger partial charge in [0, 0.05) is 11.5 Å². The van der Waals surface area contributed by atoms with E-state index in [1.54, 1.807) is 40.6 Å². The van der Waals surface area contributed by atoms with Crippen LogP contribution in [0.2, 0.25) is 0 Å². The molecule has 3 rings (SSSR count). The first-order chi connectivity index (χ1) is 14.1. The third-order valence-electron chi connectivity index (χ3n) is 4.40. The molecule has 0 atom stereocenters. The summed E-state index contributed by atoms with van der Waals surface area (Å²) >= 11 is 0. The molecule has 0 aliphatic carbocycles. The van der Waals surface area contributed by atoms with Gasteiger partial charge in [0.05, 0.1) is 40.5 Å². The minimum atomic E-state index is -0.261. The van der Waals surface area contributed by atoms with Gasteiger partial charge >= 0.3 is 0 Å². The van der Waals surface area contributed by atoms with Gasteiger partial charge < -0.3 is 34.0 Å². The van der Waals surface area contributed by atoms with Gasteiger partial charge in [-0.15, -0.1) is 0 Å². The number of H-pyrrole nitrogens is 1. The van der Waals surface area contributed by atoms with Gasteiger partial charge in [-0.2, -0.15) is 0 Å². The average molecular weight is 400 g/mol. The smallest absolute Gasteiger partial charge is 0.267 e. The van der Waals surface area contributed by atoms with Crippen LogP contribution in [-0.2, 0) is 0 Å². The quantitative estimate of drug-likeness (QED) is 0.537. The van der Waals surface area contributed by atoms with E-state index in [1.165, 1.54) is 0 Å². The van der Waals surface area contributed by atoms with Gasteiger partial charge in [-0.3, -0.25) is 4.79 Å². The van der Waals surface area contributed by atoms with Gasteiger partial charge in [0.2, 0.25) is 0 Å².